The van der Waals surface area contributed by atoms with Gasteiger partial charge in [-0.15, -0.1) is 22.7 Å². The Balaban J connectivity index is 1.93. The molecule has 13 heavy (non-hydrogen) atoms. The summed E-state index contributed by atoms with van der Waals surface area (Å²) >= 11 is 8.70. The normalized spacial score (nSPS) is 10.5. The van der Waals surface area contributed by atoms with Crippen LogP contribution < -0.4 is 0 Å². The minimum atomic E-state index is 1.02. The molecule has 2 aromatic rings. The minimum Gasteiger partial charge on any atom is -0.238 e. The topological polar surface area (TPSA) is 12.9 Å². The number of thiophene rings is 1. The quantitative estimate of drug-likeness (QED) is 0.784. The van der Waals surface area contributed by atoms with Crippen molar-refractivity contribution in [1.82, 2.24) is 4.98 Å². The largest absolute Gasteiger partial charge is 0.238 e. The molecule has 1 nitrogen and oxygen atoms in total. The molecule has 0 radical (unpaired) electrons. The lowest BCUT2D eigenvalue weighted by molar-refractivity contribution is 1.25. The highest BCUT2D eigenvalue weighted by Gasteiger charge is 2.00. The molecule has 0 aliphatic rings. The van der Waals surface area contributed by atoms with Crippen molar-refractivity contribution < 1.29 is 0 Å². The molecule has 2 heterocycles. The molecule has 2 aromatic heterocycles. The Morgan fingerprint density at radius 2 is 2.38 bits per heavy atom. The number of nitrogens with zero attached hydrogens (tertiary/aromatic N) is 1. The molecular weight excluding hydrogens is 286 g/mol. The highest BCUT2D eigenvalue weighted by molar-refractivity contribution is 9.10. The van der Waals surface area contributed by atoms with Crippen molar-refractivity contribution in [2.75, 3.05) is 0 Å². The third kappa shape index (κ3) is 2.80. The van der Waals surface area contributed by atoms with E-state index in [9.17, 15) is 0 Å². The number of thioether (sulfide) groups is 1. The monoisotopic (exact) mass is 291 g/mol. The van der Waals surface area contributed by atoms with Crippen LogP contribution in [0.25, 0.3) is 0 Å². The number of halogens is 1. The van der Waals surface area contributed by atoms with E-state index in [-0.39, 0.29) is 0 Å². The Kier molecular flexibility index (Phi) is 3.43. The summed E-state index contributed by atoms with van der Waals surface area (Å²) in [5.41, 5.74) is 0. The van der Waals surface area contributed by atoms with Gasteiger partial charge < -0.3 is 0 Å². The number of rotatable bonds is 3. The first-order valence-corrected chi connectivity index (χ1v) is 7.13. The van der Waals surface area contributed by atoms with Crippen LogP contribution in [0.1, 0.15) is 4.88 Å². The van der Waals surface area contributed by atoms with Crippen LogP contribution in [-0.2, 0) is 5.75 Å². The van der Waals surface area contributed by atoms with E-state index in [4.69, 9.17) is 0 Å². The Morgan fingerprint density at radius 3 is 3.00 bits per heavy atom. The average molecular weight is 292 g/mol. The van der Waals surface area contributed by atoms with Crippen LogP contribution in [0.3, 0.4) is 0 Å². The van der Waals surface area contributed by atoms with Gasteiger partial charge in [-0.2, -0.15) is 0 Å². The van der Waals surface area contributed by atoms with Crippen LogP contribution in [0.5, 0.6) is 0 Å². The van der Waals surface area contributed by atoms with Crippen molar-refractivity contribution in [3.63, 3.8) is 0 Å². The summed E-state index contributed by atoms with van der Waals surface area (Å²) in [6.45, 7) is 0. The maximum atomic E-state index is 4.21. The van der Waals surface area contributed by atoms with E-state index in [1.807, 2.05) is 11.6 Å². The number of hydrogen-bond acceptors (Lipinski definition) is 4. The molecule has 5 heteroatoms. The van der Waals surface area contributed by atoms with Crippen molar-refractivity contribution in [3.05, 3.63) is 32.4 Å². The second kappa shape index (κ2) is 4.59. The van der Waals surface area contributed by atoms with Crippen LogP contribution in [-0.4, -0.2) is 4.98 Å². The average Bonchev–Trinajstić information content (AvgIpc) is 2.71. The molecule has 0 atom stereocenters. The van der Waals surface area contributed by atoms with Crippen LogP contribution >= 0.6 is 50.4 Å². The molecule has 0 aromatic carbocycles. The first-order chi connectivity index (χ1) is 6.34. The van der Waals surface area contributed by atoms with Crippen LogP contribution in [0.4, 0.5) is 0 Å². The van der Waals surface area contributed by atoms with Crippen molar-refractivity contribution in [2.24, 2.45) is 0 Å². The molecule has 0 spiro atoms. The summed E-state index contributed by atoms with van der Waals surface area (Å²) < 4.78 is 2.32. The van der Waals surface area contributed by atoms with Gasteiger partial charge in [0, 0.05) is 32.1 Å². The van der Waals surface area contributed by atoms with E-state index in [1.54, 1.807) is 34.4 Å². The fraction of sp³-hybridized carbons (Fsp3) is 0.125. The van der Waals surface area contributed by atoms with E-state index in [2.05, 4.69) is 32.4 Å². The Hall–Kier alpha value is 0.160. The predicted octanol–water partition coefficient (Wildman–Crippen LogP) is 4.26. The molecule has 2 rings (SSSR count). The van der Waals surface area contributed by atoms with E-state index >= 15 is 0 Å². The van der Waals surface area contributed by atoms with Crippen LogP contribution in [0, 0.1) is 0 Å². The summed E-state index contributed by atoms with van der Waals surface area (Å²) in [6, 6.07) is 2.16. The van der Waals surface area contributed by atoms with E-state index in [0.717, 1.165) is 10.1 Å². The Bertz CT molecular complexity index is 368. The van der Waals surface area contributed by atoms with Crippen molar-refractivity contribution in [3.8, 4) is 0 Å². The molecule has 0 unspecified atom stereocenters. The second-order valence-corrected chi connectivity index (χ2v) is 6.35. The van der Waals surface area contributed by atoms with Crippen molar-refractivity contribution in [1.29, 1.82) is 0 Å². The molecule has 0 amide bonds. The molecule has 0 N–H and O–H groups in total. The molecule has 0 saturated heterocycles. The second-order valence-electron chi connectivity index (χ2n) is 2.32. The molecule has 0 bridgehead atoms. The number of thiazole rings is 1. The SMILES string of the molecule is Brc1csc(CSc2nccs2)c1. The molecule has 0 fully saturated rings. The first-order valence-electron chi connectivity index (χ1n) is 3.60. The van der Waals surface area contributed by atoms with Gasteiger partial charge in [-0.1, -0.05) is 11.8 Å². The minimum absolute atomic E-state index is 1.02. The summed E-state index contributed by atoms with van der Waals surface area (Å²) in [7, 11) is 0. The highest BCUT2D eigenvalue weighted by Crippen LogP contribution is 2.28. The van der Waals surface area contributed by atoms with E-state index in [1.165, 1.54) is 9.35 Å². The van der Waals surface area contributed by atoms with Crippen molar-refractivity contribution >= 4 is 50.4 Å². The lowest BCUT2D eigenvalue weighted by Gasteiger charge is -1.92. The molecule has 0 saturated carbocycles. The van der Waals surface area contributed by atoms with Gasteiger partial charge in [-0.25, -0.2) is 4.98 Å². The van der Waals surface area contributed by atoms with Crippen molar-refractivity contribution in [2.45, 2.75) is 10.1 Å². The van der Waals surface area contributed by atoms with Gasteiger partial charge in [-0.3, -0.25) is 0 Å². The highest BCUT2D eigenvalue weighted by atomic mass is 79.9. The van der Waals surface area contributed by atoms with Gasteiger partial charge >= 0.3 is 0 Å². The lowest BCUT2D eigenvalue weighted by atomic mass is 10.5. The molecule has 0 aliphatic carbocycles. The maximum Gasteiger partial charge on any atom is 0.150 e. The molecule has 68 valence electrons. The smallest absolute Gasteiger partial charge is 0.150 e. The van der Waals surface area contributed by atoms with E-state index in [0.29, 0.717) is 0 Å². The summed E-state index contributed by atoms with van der Waals surface area (Å²) in [4.78, 5) is 5.59. The summed E-state index contributed by atoms with van der Waals surface area (Å²) in [5.74, 6) is 1.02. The van der Waals surface area contributed by atoms with Gasteiger partial charge in [0.25, 0.3) is 0 Å². The summed E-state index contributed by atoms with van der Waals surface area (Å²) in [5, 5.41) is 4.12. The fourth-order valence-corrected chi connectivity index (χ4v) is 3.99. The van der Waals surface area contributed by atoms with E-state index < -0.39 is 0 Å². The zero-order valence-electron chi connectivity index (χ0n) is 6.57. The summed E-state index contributed by atoms with van der Waals surface area (Å²) in [6.07, 6.45) is 1.84. The molecule has 0 aliphatic heterocycles. The third-order valence-corrected chi connectivity index (χ3v) is 5.26. The predicted molar refractivity (Wildman–Crippen MR) is 63.7 cm³/mol. The number of hydrogen-bond donors (Lipinski definition) is 0. The van der Waals surface area contributed by atoms with Gasteiger partial charge in [-0.05, 0) is 22.0 Å². The Labute approximate surface area is 97.3 Å². The van der Waals surface area contributed by atoms with Gasteiger partial charge in [0.05, 0.1) is 0 Å². The van der Waals surface area contributed by atoms with Gasteiger partial charge in [0.1, 0.15) is 4.34 Å². The van der Waals surface area contributed by atoms with Crippen LogP contribution in [0.2, 0.25) is 0 Å². The fourth-order valence-electron chi connectivity index (χ4n) is 0.844. The molecular formula is C8H6BrNS3. The third-order valence-electron chi connectivity index (χ3n) is 1.37. The van der Waals surface area contributed by atoms with Gasteiger partial charge in [0.2, 0.25) is 0 Å². The van der Waals surface area contributed by atoms with Crippen LogP contribution in [0.15, 0.2) is 31.8 Å². The standard InChI is InChI=1S/C8H6BrNS3/c9-6-3-7(12-4-6)5-13-8-10-1-2-11-8/h1-4H,5H2. The maximum absolute atomic E-state index is 4.21. The Morgan fingerprint density at radius 1 is 1.46 bits per heavy atom. The number of aromatic nitrogens is 1. The van der Waals surface area contributed by atoms with Gasteiger partial charge in [0.15, 0.2) is 0 Å². The zero-order chi connectivity index (χ0) is 9.10. The first kappa shape index (κ1) is 9.71. The zero-order valence-corrected chi connectivity index (χ0v) is 10.6. The lowest BCUT2D eigenvalue weighted by Crippen LogP contribution is -1.71.